The van der Waals surface area contributed by atoms with Crippen LogP contribution in [-0.2, 0) is 6.54 Å². The Bertz CT molecular complexity index is 1090. The topological polar surface area (TPSA) is 55.2 Å². The van der Waals surface area contributed by atoms with Crippen LogP contribution in [0.15, 0.2) is 53.5 Å². The first kappa shape index (κ1) is 19.4. The highest BCUT2D eigenvalue weighted by Gasteiger charge is 2.28. The van der Waals surface area contributed by atoms with Gasteiger partial charge < -0.3 is 4.90 Å². The van der Waals surface area contributed by atoms with Crippen LogP contribution in [0.2, 0.25) is 0 Å². The number of rotatable bonds is 4. The van der Waals surface area contributed by atoms with Crippen molar-refractivity contribution in [3.63, 3.8) is 0 Å². The molecular formula is C24H27N3O2. The molecule has 0 bridgehead atoms. The minimum atomic E-state index is -0.262. The molecule has 0 aliphatic carbocycles. The highest BCUT2D eigenvalue weighted by Crippen LogP contribution is 2.22. The lowest BCUT2D eigenvalue weighted by Crippen LogP contribution is -2.45. The van der Waals surface area contributed by atoms with Crippen LogP contribution in [0.4, 0.5) is 0 Å². The van der Waals surface area contributed by atoms with Crippen LogP contribution in [0, 0.1) is 6.92 Å². The summed E-state index contributed by atoms with van der Waals surface area (Å²) in [5.74, 6) is -0.148. The summed E-state index contributed by atoms with van der Waals surface area (Å²) in [4.78, 5) is 33.1. The molecule has 0 spiro atoms. The van der Waals surface area contributed by atoms with Gasteiger partial charge in [-0.1, -0.05) is 36.8 Å². The summed E-state index contributed by atoms with van der Waals surface area (Å²) in [6.45, 7) is 5.26. The van der Waals surface area contributed by atoms with Gasteiger partial charge in [-0.2, -0.15) is 0 Å². The van der Waals surface area contributed by atoms with E-state index in [4.69, 9.17) is 0 Å². The molecule has 1 saturated heterocycles. The fourth-order valence-corrected chi connectivity index (χ4v) is 4.23. The fraction of sp³-hybridized carbons (Fsp3) is 0.375. The first-order valence-electron chi connectivity index (χ1n) is 10.4. The standard InChI is InChI=1S/C24H27N3O2/c1-3-20-8-4-5-14-26(20)23(28)21-15-19-7-6-13-25-22(19)27(24(21)29)16-18-11-9-17(2)10-12-18/h6-7,9-13,15,20H,3-5,8,14,16H2,1-2H3/t20-/m0/s1. The number of carbonyl (C=O) groups excluding carboxylic acids is 1. The first-order chi connectivity index (χ1) is 14.1. The average molecular weight is 389 g/mol. The minimum absolute atomic E-state index is 0.148. The van der Waals surface area contributed by atoms with Crippen molar-refractivity contribution in [1.82, 2.24) is 14.5 Å². The molecule has 1 atom stereocenters. The van der Waals surface area contributed by atoms with E-state index < -0.39 is 0 Å². The van der Waals surface area contributed by atoms with Crippen molar-refractivity contribution >= 4 is 16.9 Å². The number of hydrogen-bond acceptors (Lipinski definition) is 3. The van der Waals surface area contributed by atoms with E-state index >= 15 is 0 Å². The predicted molar refractivity (Wildman–Crippen MR) is 115 cm³/mol. The highest BCUT2D eigenvalue weighted by molar-refractivity contribution is 5.97. The molecule has 2 aromatic heterocycles. The van der Waals surface area contributed by atoms with Crippen molar-refractivity contribution < 1.29 is 4.79 Å². The zero-order valence-electron chi connectivity index (χ0n) is 17.1. The number of likely N-dealkylation sites (tertiary alicyclic amines) is 1. The lowest BCUT2D eigenvalue weighted by Gasteiger charge is -2.35. The van der Waals surface area contributed by atoms with E-state index in [0.29, 0.717) is 12.2 Å². The maximum absolute atomic E-state index is 13.4. The lowest BCUT2D eigenvalue weighted by atomic mass is 9.99. The molecule has 5 heteroatoms. The molecule has 1 fully saturated rings. The summed E-state index contributed by atoms with van der Waals surface area (Å²) in [5, 5.41) is 0.813. The van der Waals surface area contributed by atoms with Crippen molar-refractivity contribution in [3.05, 3.63) is 75.7 Å². The molecule has 1 aliphatic rings. The second-order valence-corrected chi connectivity index (χ2v) is 7.91. The summed E-state index contributed by atoms with van der Waals surface area (Å²) < 4.78 is 1.64. The number of nitrogens with zero attached hydrogens (tertiary/aromatic N) is 3. The molecule has 29 heavy (non-hydrogen) atoms. The summed E-state index contributed by atoms with van der Waals surface area (Å²) in [6, 6.07) is 13.8. The van der Waals surface area contributed by atoms with E-state index in [0.717, 1.165) is 43.2 Å². The van der Waals surface area contributed by atoms with Gasteiger partial charge in [-0.3, -0.25) is 14.2 Å². The zero-order valence-corrected chi connectivity index (χ0v) is 17.1. The Balaban J connectivity index is 1.81. The van der Waals surface area contributed by atoms with Gasteiger partial charge in [0.1, 0.15) is 11.2 Å². The van der Waals surface area contributed by atoms with Crippen molar-refractivity contribution in [3.8, 4) is 0 Å². The third-order valence-corrected chi connectivity index (χ3v) is 5.90. The second-order valence-electron chi connectivity index (χ2n) is 7.91. The molecule has 150 valence electrons. The van der Waals surface area contributed by atoms with Gasteiger partial charge in [0.25, 0.3) is 11.5 Å². The SMILES string of the molecule is CC[C@H]1CCCCN1C(=O)c1cc2cccnc2n(Cc2ccc(C)cc2)c1=O. The first-order valence-corrected chi connectivity index (χ1v) is 10.4. The maximum Gasteiger partial charge on any atom is 0.265 e. The predicted octanol–water partition coefficient (Wildman–Crippen LogP) is 4.16. The molecule has 1 amide bonds. The summed E-state index contributed by atoms with van der Waals surface area (Å²) in [6.07, 6.45) is 5.75. The van der Waals surface area contributed by atoms with Gasteiger partial charge in [-0.25, -0.2) is 4.98 Å². The number of pyridine rings is 2. The molecule has 1 aliphatic heterocycles. The van der Waals surface area contributed by atoms with Crippen molar-refractivity contribution in [2.45, 2.75) is 52.1 Å². The Labute approximate surface area is 171 Å². The van der Waals surface area contributed by atoms with Gasteiger partial charge in [0.2, 0.25) is 0 Å². The fourth-order valence-electron chi connectivity index (χ4n) is 4.23. The van der Waals surface area contributed by atoms with E-state index in [2.05, 4.69) is 11.9 Å². The molecule has 0 radical (unpaired) electrons. The van der Waals surface area contributed by atoms with Gasteiger partial charge in [-0.15, -0.1) is 0 Å². The Morgan fingerprint density at radius 2 is 1.97 bits per heavy atom. The zero-order chi connectivity index (χ0) is 20.4. The van der Waals surface area contributed by atoms with E-state index in [1.54, 1.807) is 16.8 Å². The van der Waals surface area contributed by atoms with Crippen LogP contribution in [0.5, 0.6) is 0 Å². The van der Waals surface area contributed by atoms with Crippen LogP contribution in [0.3, 0.4) is 0 Å². The quantitative estimate of drug-likeness (QED) is 0.673. The molecule has 0 N–H and O–H groups in total. The van der Waals surface area contributed by atoms with Crippen molar-refractivity contribution in [2.24, 2.45) is 0 Å². The number of hydrogen-bond donors (Lipinski definition) is 0. The Kier molecular flexibility index (Phi) is 5.47. The van der Waals surface area contributed by atoms with Gasteiger partial charge in [0.05, 0.1) is 6.54 Å². The number of aromatic nitrogens is 2. The molecule has 1 aromatic carbocycles. The number of fused-ring (bicyclic) bond motifs is 1. The van der Waals surface area contributed by atoms with Gasteiger partial charge in [0.15, 0.2) is 0 Å². The van der Waals surface area contributed by atoms with E-state index in [1.165, 1.54) is 5.56 Å². The number of aryl methyl sites for hydroxylation is 1. The molecule has 0 unspecified atom stereocenters. The molecule has 4 rings (SSSR count). The van der Waals surface area contributed by atoms with Crippen molar-refractivity contribution in [1.29, 1.82) is 0 Å². The normalized spacial score (nSPS) is 16.9. The van der Waals surface area contributed by atoms with Crippen molar-refractivity contribution in [2.75, 3.05) is 6.54 Å². The summed E-state index contributed by atoms with van der Waals surface area (Å²) in [7, 11) is 0. The maximum atomic E-state index is 13.4. The Morgan fingerprint density at radius 1 is 1.17 bits per heavy atom. The van der Waals surface area contributed by atoms with Crippen LogP contribution in [-0.4, -0.2) is 32.9 Å². The molecule has 3 heterocycles. The monoisotopic (exact) mass is 389 g/mol. The molecule has 5 nitrogen and oxygen atoms in total. The van der Waals surface area contributed by atoms with Crippen LogP contribution < -0.4 is 5.56 Å². The van der Waals surface area contributed by atoms with Crippen LogP contribution in [0.1, 0.15) is 54.1 Å². The number of benzene rings is 1. The number of amides is 1. The molecular weight excluding hydrogens is 362 g/mol. The Hall–Kier alpha value is -2.95. The van der Waals surface area contributed by atoms with Crippen LogP contribution in [0.25, 0.3) is 11.0 Å². The third kappa shape index (κ3) is 3.82. The molecule has 3 aromatic rings. The van der Waals surface area contributed by atoms with Crippen LogP contribution >= 0.6 is 0 Å². The average Bonchev–Trinajstić information content (AvgIpc) is 2.76. The molecule has 0 saturated carbocycles. The van der Waals surface area contributed by atoms with Gasteiger partial charge in [-0.05, 0) is 56.4 Å². The Morgan fingerprint density at radius 3 is 2.72 bits per heavy atom. The largest absolute Gasteiger partial charge is 0.336 e. The lowest BCUT2D eigenvalue weighted by molar-refractivity contribution is 0.0606. The van der Waals surface area contributed by atoms with Gasteiger partial charge >= 0.3 is 0 Å². The van der Waals surface area contributed by atoms with E-state index in [-0.39, 0.29) is 23.1 Å². The summed E-state index contributed by atoms with van der Waals surface area (Å²) in [5.41, 5.74) is 2.78. The number of piperidine rings is 1. The minimum Gasteiger partial charge on any atom is -0.336 e. The highest BCUT2D eigenvalue weighted by atomic mass is 16.2. The number of carbonyl (C=O) groups is 1. The third-order valence-electron chi connectivity index (χ3n) is 5.90. The second kappa shape index (κ2) is 8.19. The summed E-state index contributed by atoms with van der Waals surface area (Å²) >= 11 is 0. The van der Waals surface area contributed by atoms with E-state index in [9.17, 15) is 9.59 Å². The smallest absolute Gasteiger partial charge is 0.265 e. The van der Waals surface area contributed by atoms with E-state index in [1.807, 2.05) is 48.2 Å². The van der Waals surface area contributed by atoms with Gasteiger partial charge in [0, 0.05) is 24.2 Å².